The van der Waals surface area contributed by atoms with Crippen molar-refractivity contribution in [1.29, 1.82) is 0 Å². The predicted molar refractivity (Wildman–Crippen MR) is 78.1 cm³/mol. The van der Waals surface area contributed by atoms with Gasteiger partial charge in [-0.2, -0.15) is 0 Å². The molecule has 1 atom stereocenters. The van der Waals surface area contributed by atoms with Crippen molar-refractivity contribution in [2.24, 2.45) is 0 Å². The number of alkyl halides is 1. The fourth-order valence-electron chi connectivity index (χ4n) is 2.80. The van der Waals surface area contributed by atoms with Gasteiger partial charge in [-0.05, 0) is 32.1 Å². The molecule has 1 amide bonds. The van der Waals surface area contributed by atoms with Gasteiger partial charge in [0.25, 0.3) is 0 Å². The van der Waals surface area contributed by atoms with Crippen LogP contribution in [0.15, 0.2) is 0 Å². The van der Waals surface area contributed by atoms with E-state index in [2.05, 4.69) is 11.8 Å². The van der Waals surface area contributed by atoms with Gasteiger partial charge in [0.05, 0.1) is 0 Å². The van der Waals surface area contributed by atoms with Crippen LogP contribution in [0.2, 0.25) is 0 Å². The van der Waals surface area contributed by atoms with Crippen molar-refractivity contribution >= 4 is 17.5 Å². The van der Waals surface area contributed by atoms with E-state index in [-0.39, 0.29) is 0 Å². The van der Waals surface area contributed by atoms with Crippen LogP contribution >= 0.6 is 11.6 Å². The lowest BCUT2D eigenvalue weighted by atomic mass is 10.1. The van der Waals surface area contributed by atoms with Crippen LogP contribution in [0.25, 0.3) is 0 Å². The number of carbonyl (C=O) groups is 1. The summed E-state index contributed by atoms with van der Waals surface area (Å²) in [6, 6.07) is 0.479. The predicted octanol–water partition coefficient (Wildman–Crippen LogP) is 4.36. The molecule has 0 spiro atoms. The summed E-state index contributed by atoms with van der Waals surface area (Å²) in [6.45, 7) is 3.19. The molecule has 1 rings (SSSR count). The monoisotopic (exact) mass is 273 g/mol. The topological polar surface area (TPSA) is 20.3 Å². The van der Waals surface area contributed by atoms with Gasteiger partial charge in [-0.1, -0.05) is 32.6 Å². The Morgan fingerprint density at radius 1 is 1.22 bits per heavy atom. The summed E-state index contributed by atoms with van der Waals surface area (Å²) in [4.78, 5) is 14.3. The third kappa shape index (κ3) is 5.60. The number of hydrogen-bond donors (Lipinski definition) is 0. The van der Waals surface area contributed by atoms with E-state index in [9.17, 15) is 4.79 Å². The van der Waals surface area contributed by atoms with Crippen molar-refractivity contribution in [3.63, 3.8) is 0 Å². The molecular weight excluding hydrogens is 246 g/mol. The summed E-state index contributed by atoms with van der Waals surface area (Å²) in [5.41, 5.74) is 0. The molecule has 0 radical (unpaired) electrons. The normalized spacial score (nSPS) is 19.4. The molecule has 18 heavy (non-hydrogen) atoms. The molecule has 1 aliphatic rings. The van der Waals surface area contributed by atoms with Gasteiger partial charge < -0.3 is 4.90 Å². The lowest BCUT2D eigenvalue weighted by molar-refractivity contribution is -0.132. The maximum Gasteiger partial charge on any atom is 0.222 e. The standard InChI is InChI=1S/C15H28ClNO/c1-2-3-4-5-6-11-15(18)17-13-8-10-14(17)9-7-12-16/h14H,2-13H2,1H3. The van der Waals surface area contributed by atoms with Crippen molar-refractivity contribution in [3.05, 3.63) is 0 Å². The molecule has 0 bridgehead atoms. The molecule has 1 heterocycles. The Labute approximate surface area is 117 Å². The van der Waals surface area contributed by atoms with Crippen LogP contribution in [-0.4, -0.2) is 29.3 Å². The maximum absolute atomic E-state index is 12.1. The highest BCUT2D eigenvalue weighted by Crippen LogP contribution is 2.23. The first-order valence-corrected chi connectivity index (χ1v) is 8.18. The number of rotatable bonds is 9. The number of likely N-dealkylation sites (tertiary alicyclic amines) is 1. The highest BCUT2D eigenvalue weighted by atomic mass is 35.5. The van der Waals surface area contributed by atoms with Crippen LogP contribution in [0, 0.1) is 0 Å². The highest BCUT2D eigenvalue weighted by molar-refractivity contribution is 6.17. The van der Waals surface area contributed by atoms with Gasteiger partial charge in [0.1, 0.15) is 0 Å². The lowest BCUT2D eigenvalue weighted by Crippen LogP contribution is -2.35. The number of nitrogens with zero attached hydrogens (tertiary/aromatic N) is 1. The Morgan fingerprint density at radius 3 is 2.72 bits per heavy atom. The van der Waals surface area contributed by atoms with Gasteiger partial charge in [0.15, 0.2) is 0 Å². The minimum atomic E-state index is 0.378. The maximum atomic E-state index is 12.1. The third-order valence-electron chi connectivity index (χ3n) is 3.86. The van der Waals surface area contributed by atoms with Gasteiger partial charge in [-0.15, -0.1) is 11.6 Å². The summed E-state index contributed by atoms with van der Waals surface area (Å²) in [6.07, 6.45) is 11.3. The van der Waals surface area contributed by atoms with Crippen LogP contribution in [-0.2, 0) is 4.79 Å². The number of hydrogen-bond acceptors (Lipinski definition) is 1. The van der Waals surface area contributed by atoms with Crippen molar-refractivity contribution in [2.45, 2.75) is 77.2 Å². The average molecular weight is 274 g/mol. The fraction of sp³-hybridized carbons (Fsp3) is 0.933. The number of unbranched alkanes of at least 4 members (excludes halogenated alkanes) is 4. The van der Waals surface area contributed by atoms with Crippen LogP contribution in [0.5, 0.6) is 0 Å². The minimum absolute atomic E-state index is 0.378. The molecule has 2 nitrogen and oxygen atoms in total. The van der Waals surface area contributed by atoms with Gasteiger partial charge >= 0.3 is 0 Å². The second-order valence-corrected chi connectivity index (χ2v) is 5.76. The van der Waals surface area contributed by atoms with Gasteiger partial charge in [-0.3, -0.25) is 4.79 Å². The smallest absolute Gasteiger partial charge is 0.222 e. The fourth-order valence-corrected chi connectivity index (χ4v) is 2.95. The first kappa shape index (κ1) is 15.8. The highest BCUT2D eigenvalue weighted by Gasteiger charge is 2.27. The van der Waals surface area contributed by atoms with E-state index in [0.717, 1.165) is 38.1 Å². The molecule has 1 saturated heterocycles. The molecule has 1 aliphatic heterocycles. The first-order chi connectivity index (χ1) is 8.79. The quantitative estimate of drug-likeness (QED) is 0.452. The van der Waals surface area contributed by atoms with Crippen LogP contribution in [0.1, 0.15) is 71.1 Å². The number of halogens is 1. The molecule has 0 aromatic rings. The Bertz CT molecular complexity index is 233. The van der Waals surface area contributed by atoms with Crippen LogP contribution < -0.4 is 0 Å². The van der Waals surface area contributed by atoms with Crippen molar-refractivity contribution < 1.29 is 4.79 Å². The Balaban J connectivity index is 2.18. The second-order valence-electron chi connectivity index (χ2n) is 5.38. The zero-order valence-corrected chi connectivity index (χ0v) is 12.6. The SMILES string of the molecule is CCCCCCCC(=O)N1CCCC1CCCCl. The zero-order valence-electron chi connectivity index (χ0n) is 11.8. The average Bonchev–Trinajstić information content (AvgIpc) is 2.84. The summed E-state index contributed by atoms with van der Waals surface area (Å²) >= 11 is 5.74. The van der Waals surface area contributed by atoms with Gasteiger partial charge in [0, 0.05) is 24.9 Å². The Hall–Kier alpha value is -0.240. The molecule has 0 saturated carbocycles. The van der Waals surface area contributed by atoms with E-state index in [4.69, 9.17) is 11.6 Å². The molecule has 0 aromatic carbocycles. The molecule has 1 fully saturated rings. The van der Waals surface area contributed by atoms with Crippen molar-refractivity contribution in [2.75, 3.05) is 12.4 Å². The van der Waals surface area contributed by atoms with Gasteiger partial charge in [0.2, 0.25) is 5.91 Å². The molecule has 0 aliphatic carbocycles. The van der Waals surface area contributed by atoms with Crippen molar-refractivity contribution in [3.8, 4) is 0 Å². The largest absolute Gasteiger partial charge is 0.340 e. The molecule has 0 N–H and O–H groups in total. The Kier molecular flexibility index (Phi) is 8.49. The molecular formula is C15H28ClNO. The molecule has 1 unspecified atom stereocenters. The first-order valence-electron chi connectivity index (χ1n) is 7.65. The van der Waals surface area contributed by atoms with E-state index in [1.165, 1.54) is 38.5 Å². The van der Waals surface area contributed by atoms with Gasteiger partial charge in [-0.25, -0.2) is 0 Å². The summed E-state index contributed by atoms with van der Waals surface area (Å²) in [5, 5.41) is 0. The molecule has 3 heteroatoms. The summed E-state index contributed by atoms with van der Waals surface area (Å²) < 4.78 is 0. The Morgan fingerprint density at radius 2 is 2.00 bits per heavy atom. The van der Waals surface area contributed by atoms with E-state index in [1.807, 2.05) is 0 Å². The summed E-state index contributed by atoms with van der Waals surface area (Å²) in [5.74, 6) is 1.10. The van der Waals surface area contributed by atoms with Crippen LogP contribution in [0.3, 0.4) is 0 Å². The van der Waals surface area contributed by atoms with E-state index in [0.29, 0.717) is 11.9 Å². The second kappa shape index (κ2) is 9.66. The van der Waals surface area contributed by atoms with Crippen molar-refractivity contribution in [1.82, 2.24) is 4.90 Å². The van der Waals surface area contributed by atoms with E-state index >= 15 is 0 Å². The molecule has 0 aromatic heterocycles. The summed E-state index contributed by atoms with van der Waals surface area (Å²) in [7, 11) is 0. The lowest BCUT2D eigenvalue weighted by Gasteiger charge is -2.24. The molecule has 106 valence electrons. The van der Waals surface area contributed by atoms with E-state index < -0.39 is 0 Å². The zero-order chi connectivity index (χ0) is 13.2. The van der Waals surface area contributed by atoms with Crippen LogP contribution in [0.4, 0.5) is 0 Å². The third-order valence-corrected chi connectivity index (χ3v) is 4.13. The minimum Gasteiger partial charge on any atom is -0.340 e. The number of amides is 1. The number of carbonyl (C=O) groups excluding carboxylic acids is 1. The van der Waals surface area contributed by atoms with E-state index in [1.54, 1.807) is 0 Å².